The zero-order chi connectivity index (χ0) is 24.7. The number of piperazine rings is 1. The molecule has 3 heterocycles. The third-order valence-corrected chi connectivity index (χ3v) is 7.11. The van der Waals surface area contributed by atoms with E-state index in [4.69, 9.17) is 12.2 Å². The number of carbonyl (C=O) groups excluding carboxylic acids is 1. The van der Waals surface area contributed by atoms with E-state index in [-0.39, 0.29) is 11.5 Å². The van der Waals surface area contributed by atoms with Crippen molar-refractivity contribution >= 4 is 40.5 Å². The minimum atomic E-state index is -0.0898. The van der Waals surface area contributed by atoms with E-state index >= 15 is 0 Å². The third-order valence-electron chi connectivity index (χ3n) is 6.71. The van der Waals surface area contributed by atoms with Gasteiger partial charge in [0.15, 0.2) is 0 Å². The summed E-state index contributed by atoms with van der Waals surface area (Å²) in [6.07, 6.45) is 0. The van der Waals surface area contributed by atoms with Crippen molar-refractivity contribution in [3.63, 3.8) is 0 Å². The zero-order valence-electron chi connectivity index (χ0n) is 20.2. The van der Waals surface area contributed by atoms with Gasteiger partial charge in [0.1, 0.15) is 0 Å². The van der Waals surface area contributed by atoms with E-state index in [1.54, 1.807) is 16.3 Å². The molecular weight excluding hydrogens is 462 g/mol. The molecule has 0 aliphatic carbocycles. The minimum absolute atomic E-state index is 0.00576. The van der Waals surface area contributed by atoms with Crippen LogP contribution in [0.2, 0.25) is 0 Å². The van der Waals surface area contributed by atoms with E-state index in [9.17, 15) is 9.59 Å². The van der Waals surface area contributed by atoms with Gasteiger partial charge >= 0.3 is 0 Å². The molecule has 1 aliphatic heterocycles. The van der Waals surface area contributed by atoms with Crippen molar-refractivity contribution in [2.75, 3.05) is 38.0 Å². The molecule has 0 saturated carbocycles. The number of hydrogen-bond acceptors (Lipinski definition) is 6. The predicted molar refractivity (Wildman–Crippen MR) is 139 cm³/mol. The lowest BCUT2D eigenvalue weighted by Gasteiger charge is -2.34. The Morgan fingerprint density at radius 3 is 2.37 bits per heavy atom. The van der Waals surface area contributed by atoms with Gasteiger partial charge in [-0.2, -0.15) is 0 Å². The van der Waals surface area contributed by atoms with Gasteiger partial charge in [-0.05, 0) is 49.3 Å². The molecule has 2 aromatic carbocycles. The maximum absolute atomic E-state index is 12.7. The van der Waals surface area contributed by atoms with Gasteiger partial charge in [0.05, 0.1) is 24.1 Å². The number of fused-ring (bicyclic) bond motifs is 3. The quantitative estimate of drug-likeness (QED) is 0.432. The summed E-state index contributed by atoms with van der Waals surface area (Å²) in [4.78, 5) is 29.8. The van der Waals surface area contributed by atoms with E-state index in [0.717, 1.165) is 48.5 Å². The van der Waals surface area contributed by atoms with Crippen LogP contribution in [0, 0.1) is 18.6 Å². The summed E-state index contributed by atoms with van der Waals surface area (Å²) in [7, 11) is 1.72. The molecule has 0 unspecified atom stereocenters. The highest BCUT2D eigenvalue weighted by Gasteiger charge is 2.21. The van der Waals surface area contributed by atoms with Gasteiger partial charge in [-0.15, -0.1) is 5.10 Å². The van der Waals surface area contributed by atoms with E-state index in [0.29, 0.717) is 29.1 Å². The smallest absolute Gasteiger partial charge is 0.262 e. The van der Waals surface area contributed by atoms with Crippen molar-refractivity contribution in [1.29, 1.82) is 0 Å². The van der Waals surface area contributed by atoms with Gasteiger partial charge in [-0.3, -0.25) is 28.4 Å². The van der Waals surface area contributed by atoms with Crippen molar-refractivity contribution in [2.24, 2.45) is 7.05 Å². The molecule has 1 aliphatic rings. The van der Waals surface area contributed by atoms with E-state index in [1.807, 2.05) is 60.7 Å². The number of carbonyl (C=O) groups is 1. The van der Waals surface area contributed by atoms with Crippen LogP contribution in [0.15, 0.2) is 47.3 Å². The number of benzene rings is 2. The second-order valence-electron chi connectivity index (χ2n) is 9.15. The number of aryl methyl sites for hydroxylation is 3. The highest BCUT2D eigenvalue weighted by Crippen LogP contribution is 2.19. The van der Waals surface area contributed by atoms with Crippen LogP contribution in [0.25, 0.3) is 16.7 Å². The molecule has 0 radical (unpaired) electrons. The molecule has 0 atom stereocenters. The highest BCUT2D eigenvalue weighted by molar-refractivity contribution is 7.71. The maximum Gasteiger partial charge on any atom is 0.262 e. The average Bonchev–Trinajstić information content (AvgIpc) is 3.17. The van der Waals surface area contributed by atoms with Gasteiger partial charge in [-0.25, -0.2) is 4.68 Å². The van der Waals surface area contributed by atoms with Crippen LogP contribution >= 0.6 is 12.2 Å². The Morgan fingerprint density at radius 1 is 1.00 bits per heavy atom. The van der Waals surface area contributed by atoms with Gasteiger partial charge in [0.2, 0.25) is 16.5 Å². The average molecular weight is 492 g/mol. The fourth-order valence-corrected chi connectivity index (χ4v) is 4.99. The number of anilines is 1. The summed E-state index contributed by atoms with van der Waals surface area (Å²) in [6.45, 7) is 8.07. The Hall–Kier alpha value is -3.34. The minimum Gasteiger partial charge on any atom is -0.324 e. The lowest BCUT2D eigenvalue weighted by atomic mass is 10.1. The SMILES string of the molecule is Cc1cccc(C)c1NC(=O)CN1CCN(Cn2nc3n(C)c(=O)c4ccccc4n3c2=S)CC1. The second kappa shape index (κ2) is 9.37. The molecule has 1 saturated heterocycles. The summed E-state index contributed by atoms with van der Waals surface area (Å²) in [6, 6.07) is 13.5. The number of nitrogens with zero attached hydrogens (tertiary/aromatic N) is 6. The summed E-state index contributed by atoms with van der Waals surface area (Å²) in [5, 5.41) is 8.35. The molecule has 2 aromatic heterocycles. The molecule has 9 nitrogen and oxygen atoms in total. The predicted octanol–water partition coefficient (Wildman–Crippen LogP) is 2.55. The van der Waals surface area contributed by atoms with E-state index in [2.05, 4.69) is 20.2 Å². The van der Waals surface area contributed by atoms with Gasteiger partial charge in [0, 0.05) is 38.9 Å². The first-order chi connectivity index (χ1) is 16.8. The van der Waals surface area contributed by atoms with Gasteiger partial charge < -0.3 is 5.32 Å². The zero-order valence-corrected chi connectivity index (χ0v) is 21.0. The Labute approximate surface area is 208 Å². The van der Waals surface area contributed by atoms with Gasteiger partial charge in [0.25, 0.3) is 5.56 Å². The van der Waals surface area contributed by atoms with Gasteiger partial charge in [-0.1, -0.05) is 30.3 Å². The first kappa shape index (κ1) is 23.4. The molecule has 5 rings (SSSR count). The lowest BCUT2D eigenvalue weighted by Crippen LogP contribution is -2.49. The summed E-state index contributed by atoms with van der Waals surface area (Å²) >= 11 is 5.75. The molecule has 1 fully saturated rings. The molecule has 0 bridgehead atoms. The Bertz CT molecular complexity index is 1520. The fourth-order valence-electron chi connectivity index (χ4n) is 4.71. The Morgan fingerprint density at radius 2 is 1.66 bits per heavy atom. The monoisotopic (exact) mass is 491 g/mol. The molecule has 1 amide bonds. The summed E-state index contributed by atoms with van der Waals surface area (Å²) in [5.74, 6) is 0.534. The number of aromatic nitrogens is 4. The van der Waals surface area contributed by atoms with Crippen LogP contribution in [0.4, 0.5) is 5.69 Å². The summed E-state index contributed by atoms with van der Waals surface area (Å²) < 4.78 is 5.74. The van der Waals surface area contributed by atoms with E-state index in [1.165, 1.54) is 0 Å². The van der Waals surface area contributed by atoms with Crippen LogP contribution in [0.1, 0.15) is 11.1 Å². The second-order valence-corrected chi connectivity index (χ2v) is 9.51. The highest BCUT2D eigenvalue weighted by atomic mass is 32.1. The number of para-hydroxylation sites is 2. The number of hydrogen-bond donors (Lipinski definition) is 1. The third kappa shape index (κ3) is 4.40. The molecule has 4 aromatic rings. The topological polar surface area (TPSA) is 79.8 Å². The lowest BCUT2D eigenvalue weighted by molar-refractivity contribution is -0.117. The maximum atomic E-state index is 12.7. The molecule has 182 valence electrons. The number of rotatable bonds is 5. The Kier molecular flexibility index (Phi) is 6.26. The number of nitrogens with one attached hydrogen (secondary N) is 1. The van der Waals surface area contributed by atoms with Crippen molar-refractivity contribution in [2.45, 2.75) is 20.5 Å². The molecule has 0 spiro atoms. The van der Waals surface area contributed by atoms with Crippen molar-refractivity contribution in [1.82, 2.24) is 28.5 Å². The van der Waals surface area contributed by atoms with Crippen molar-refractivity contribution in [3.05, 3.63) is 68.7 Å². The van der Waals surface area contributed by atoms with Crippen molar-refractivity contribution < 1.29 is 4.79 Å². The van der Waals surface area contributed by atoms with Crippen LogP contribution in [0.5, 0.6) is 0 Å². The van der Waals surface area contributed by atoms with Crippen LogP contribution < -0.4 is 10.9 Å². The molecule has 10 heteroatoms. The molecular formula is C25H29N7O2S. The van der Waals surface area contributed by atoms with E-state index < -0.39 is 0 Å². The largest absolute Gasteiger partial charge is 0.324 e. The van der Waals surface area contributed by atoms with Crippen molar-refractivity contribution in [3.8, 4) is 0 Å². The first-order valence-corrected chi connectivity index (χ1v) is 12.1. The standard InChI is InChI=1S/C25H29N7O2S/c1-17-7-6-8-18(2)22(17)26-21(33)15-29-11-13-30(14-12-29)16-31-25(35)32-20-10-5-4-9-19(20)23(34)28(3)24(32)27-31/h4-10H,11-16H2,1-3H3,(H,26,33). The van der Waals surface area contributed by atoms with Crippen LogP contribution in [0.3, 0.4) is 0 Å². The fraction of sp³-hybridized carbons (Fsp3) is 0.360. The number of amides is 1. The molecule has 35 heavy (non-hydrogen) atoms. The normalized spacial score (nSPS) is 15.2. The van der Waals surface area contributed by atoms with Crippen LogP contribution in [-0.4, -0.2) is 67.2 Å². The molecule has 1 N–H and O–H groups in total. The first-order valence-electron chi connectivity index (χ1n) is 11.7. The van der Waals surface area contributed by atoms with Crippen LogP contribution in [-0.2, 0) is 18.5 Å². The summed E-state index contributed by atoms with van der Waals surface area (Å²) in [5.41, 5.74) is 3.71. The Balaban J connectivity index is 1.26.